The van der Waals surface area contributed by atoms with E-state index in [1.807, 2.05) is 17.0 Å². The Morgan fingerprint density at radius 3 is 2.50 bits per heavy atom. The van der Waals surface area contributed by atoms with Gasteiger partial charge in [-0.05, 0) is 36.0 Å². The zero-order valence-corrected chi connectivity index (χ0v) is 11.5. The van der Waals surface area contributed by atoms with Gasteiger partial charge in [-0.25, -0.2) is 4.79 Å². The van der Waals surface area contributed by atoms with Crippen LogP contribution in [0.3, 0.4) is 0 Å². The van der Waals surface area contributed by atoms with Crippen LogP contribution in [-0.4, -0.2) is 24.0 Å². The number of benzene rings is 1. The summed E-state index contributed by atoms with van der Waals surface area (Å²) in [6, 6.07) is 8.14. The first-order valence-electron chi connectivity index (χ1n) is 6.63. The largest absolute Gasteiger partial charge is 0.325 e. The van der Waals surface area contributed by atoms with Gasteiger partial charge in [0.15, 0.2) is 0 Å². The van der Waals surface area contributed by atoms with E-state index in [1.54, 1.807) is 0 Å². The molecule has 1 saturated heterocycles. The molecule has 1 N–H and O–H groups in total. The van der Waals surface area contributed by atoms with Gasteiger partial charge in [-0.15, -0.1) is 0 Å². The minimum absolute atomic E-state index is 0.0264. The van der Waals surface area contributed by atoms with Gasteiger partial charge in [0, 0.05) is 18.8 Å². The smallest absolute Gasteiger partial charge is 0.321 e. The van der Waals surface area contributed by atoms with Crippen LogP contribution in [0.4, 0.5) is 10.5 Å². The molecule has 1 fully saturated rings. The van der Waals surface area contributed by atoms with Crippen molar-refractivity contribution in [2.45, 2.75) is 39.0 Å². The summed E-state index contributed by atoms with van der Waals surface area (Å²) in [4.78, 5) is 13.9. The van der Waals surface area contributed by atoms with Crippen molar-refractivity contribution in [1.29, 1.82) is 0 Å². The van der Waals surface area contributed by atoms with E-state index in [-0.39, 0.29) is 11.4 Å². The van der Waals surface area contributed by atoms with Gasteiger partial charge >= 0.3 is 6.03 Å². The molecule has 0 aromatic heterocycles. The summed E-state index contributed by atoms with van der Waals surface area (Å²) in [7, 11) is 0. The molecule has 18 heavy (non-hydrogen) atoms. The number of hydrogen-bond acceptors (Lipinski definition) is 1. The van der Waals surface area contributed by atoms with Crippen LogP contribution in [0.15, 0.2) is 24.3 Å². The van der Waals surface area contributed by atoms with Gasteiger partial charge < -0.3 is 10.2 Å². The average molecular weight is 246 g/mol. The van der Waals surface area contributed by atoms with E-state index < -0.39 is 0 Å². The summed E-state index contributed by atoms with van der Waals surface area (Å²) in [6.07, 6.45) is 2.24. The molecule has 1 aromatic rings. The highest BCUT2D eigenvalue weighted by atomic mass is 16.2. The van der Waals surface area contributed by atoms with Gasteiger partial charge in [0.25, 0.3) is 0 Å². The molecule has 0 aliphatic carbocycles. The zero-order chi connectivity index (χ0) is 13.2. The topological polar surface area (TPSA) is 32.3 Å². The molecule has 0 saturated carbocycles. The van der Waals surface area contributed by atoms with E-state index in [1.165, 1.54) is 5.56 Å². The molecule has 0 spiro atoms. The molecule has 98 valence electrons. The first-order valence-corrected chi connectivity index (χ1v) is 6.63. The molecule has 0 unspecified atom stereocenters. The third kappa shape index (κ3) is 3.03. The summed E-state index contributed by atoms with van der Waals surface area (Å²) in [5.74, 6) is 0. The van der Waals surface area contributed by atoms with E-state index in [0.29, 0.717) is 0 Å². The Morgan fingerprint density at radius 2 is 1.89 bits per heavy atom. The van der Waals surface area contributed by atoms with Crippen molar-refractivity contribution in [2.24, 2.45) is 0 Å². The van der Waals surface area contributed by atoms with Crippen molar-refractivity contribution in [2.75, 3.05) is 18.4 Å². The quantitative estimate of drug-likeness (QED) is 0.806. The maximum absolute atomic E-state index is 12.0. The fourth-order valence-electron chi connectivity index (χ4n) is 2.19. The average Bonchev–Trinajstić information content (AvgIpc) is 2.81. The SMILES string of the molecule is CC(C)(C)c1cccc(NC(=O)N2CCCC2)c1. The first-order chi connectivity index (χ1) is 8.47. The van der Waals surface area contributed by atoms with Crippen molar-refractivity contribution in [3.8, 4) is 0 Å². The molecule has 1 aromatic carbocycles. The molecule has 0 radical (unpaired) electrons. The standard InChI is InChI=1S/C15H22N2O/c1-15(2,3)12-7-6-8-13(11-12)16-14(18)17-9-4-5-10-17/h6-8,11H,4-5,9-10H2,1-3H3,(H,16,18). The van der Waals surface area contributed by atoms with Crippen molar-refractivity contribution in [3.63, 3.8) is 0 Å². The first kappa shape index (κ1) is 12.9. The molecule has 0 atom stereocenters. The molecule has 1 aliphatic heterocycles. The number of nitrogens with zero attached hydrogens (tertiary/aromatic N) is 1. The number of hydrogen-bond donors (Lipinski definition) is 1. The molecule has 1 heterocycles. The second-order valence-corrected chi connectivity index (χ2v) is 5.96. The summed E-state index contributed by atoms with van der Waals surface area (Å²) in [5, 5.41) is 2.98. The van der Waals surface area contributed by atoms with Gasteiger partial charge in [-0.2, -0.15) is 0 Å². The lowest BCUT2D eigenvalue weighted by atomic mass is 9.87. The van der Waals surface area contributed by atoms with Crippen molar-refractivity contribution in [3.05, 3.63) is 29.8 Å². The van der Waals surface area contributed by atoms with Crippen LogP contribution in [0.2, 0.25) is 0 Å². The minimum Gasteiger partial charge on any atom is -0.325 e. The van der Waals surface area contributed by atoms with Crippen molar-refractivity contribution < 1.29 is 4.79 Å². The zero-order valence-electron chi connectivity index (χ0n) is 11.5. The second kappa shape index (κ2) is 5.01. The van der Waals surface area contributed by atoms with E-state index in [4.69, 9.17) is 0 Å². The number of carbonyl (C=O) groups excluding carboxylic acids is 1. The summed E-state index contributed by atoms with van der Waals surface area (Å²) < 4.78 is 0. The van der Waals surface area contributed by atoms with Gasteiger partial charge in [0.2, 0.25) is 0 Å². The Bertz CT molecular complexity index is 428. The molecule has 3 nitrogen and oxygen atoms in total. The number of likely N-dealkylation sites (tertiary alicyclic amines) is 1. The van der Waals surface area contributed by atoms with Crippen LogP contribution in [0.1, 0.15) is 39.2 Å². The van der Waals surface area contributed by atoms with E-state index in [0.717, 1.165) is 31.6 Å². The van der Waals surface area contributed by atoms with E-state index >= 15 is 0 Å². The normalized spacial score (nSPS) is 15.8. The van der Waals surface area contributed by atoms with Crippen molar-refractivity contribution in [1.82, 2.24) is 4.90 Å². The fraction of sp³-hybridized carbons (Fsp3) is 0.533. The minimum atomic E-state index is 0.0264. The number of amides is 2. The van der Waals surface area contributed by atoms with Crippen molar-refractivity contribution >= 4 is 11.7 Å². The van der Waals surface area contributed by atoms with Crippen LogP contribution in [0, 0.1) is 0 Å². The number of rotatable bonds is 1. The third-order valence-corrected chi connectivity index (χ3v) is 3.37. The highest BCUT2D eigenvalue weighted by molar-refractivity contribution is 5.89. The van der Waals surface area contributed by atoms with Gasteiger partial charge in [-0.1, -0.05) is 32.9 Å². The van der Waals surface area contributed by atoms with Crippen LogP contribution >= 0.6 is 0 Å². The summed E-state index contributed by atoms with van der Waals surface area (Å²) in [5.41, 5.74) is 2.23. The van der Waals surface area contributed by atoms with Gasteiger partial charge in [0.1, 0.15) is 0 Å². The lowest BCUT2D eigenvalue weighted by Crippen LogP contribution is -2.32. The van der Waals surface area contributed by atoms with Gasteiger partial charge in [-0.3, -0.25) is 0 Å². The van der Waals surface area contributed by atoms with Crippen LogP contribution in [0.5, 0.6) is 0 Å². The monoisotopic (exact) mass is 246 g/mol. The number of nitrogens with one attached hydrogen (secondary N) is 1. The highest BCUT2D eigenvalue weighted by Gasteiger charge is 2.18. The van der Waals surface area contributed by atoms with Crippen LogP contribution < -0.4 is 5.32 Å². The number of anilines is 1. The maximum atomic E-state index is 12.0. The molecular formula is C15H22N2O. The Labute approximate surface area is 109 Å². The molecule has 2 rings (SSSR count). The molecule has 3 heteroatoms. The predicted octanol–water partition coefficient (Wildman–Crippen LogP) is 3.61. The summed E-state index contributed by atoms with van der Waals surface area (Å²) in [6.45, 7) is 8.28. The van der Waals surface area contributed by atoms with E-state index in [2.05, 4.69) is 38.2 Å². The van der Waals surface area contributed by atoms with Crippen LogP contribution in [0.25, 0.3) is 0 Å². The molecule has 0 bridgehead atoms. The Hall–Kier alpha value is -1.51. The maximum Gasteiger partial charge on any atom is 0.321 e. The molecule has 2 amide bonds. The Kier molecular flexibility index (Phi) is 3.60. The molecule has 1 aliphatic rings. The second-order valence-electron chi connectivity index (χ2n) is 5.96. The third-order valence-electron chi connectivity index (χ3n) is 3.37. The highest BCUT2D eigenvalue weighted by Crippen LogP contribution is 2.24. The lowest BCUT2D eigenvalue weighted by molar-refractivity contribution is 0.222. The van der Waals surface area contributed by atoms with Gasteiger partial charge in [0.05, 0.1) is 0 Å². The lowest BCUT2D eigenvalue weighted by Gasteiger charge is -2.21. The Balaban J connectivity index is 2.07. The molecular weight excluding hydrogens is 224 g/mol. The van der Waals surface area contributed by atoms with E-state index in [9.17, 15) is 4.79 Å². The number of carbonyl (C=O) groups is 1. The Morgan fingerprint density at radius 1 is 1.22 bits per heavy atom. The van der Waals surface area contributed by atoms with Crippen LogP contribution in [-0.2, 0) is 5.41 Å². The predicted molar refractivity (Wildman–Crippen MR) is 75.0 cm³/mol. The fourth-order valence-corrected chi connectivity index (χ4v) is 2.19. The number of urea groups is 1. The summed E-state index contributed by atoms with van der Waals surface area (Å²) >= 11 is 0.